The fraction of sp³-hybridized carbons (Fsp3) is 0.868. The molecule has 0 heterocycles. The van der Waals surface area contributed by atoms with Crippen molar-refractivity contribution in [3.8, 4) is 0 Å². The summed E-state index contributed by atoms with van der Waals surface area (Å²) in [5, 5.41) is 0. The molecule has 278 valence electrons. The maximum Gasteiger partial charge on any atom is 0.306 e. The van der Waals surface area contributed by atoms with Crippen LogP contribution < -0.4 is 4.89 Å². The first-order valence-corrected chi connectivity index (χ1v) is 20.5. The van der Waals surface area contributed by atoms with Crippen LogP contribution in [0.1, 0.15) is 155 Å². The summed E-state index contributed by atoms with van der Waals surface area (Å²) >= 11 is 0. The molecule has 0 radical (unpaired) electrons. The molecule has 0 spiro atoms. The van der Waals surface area contributed by atoms with E-state index < -0.39 is 13.9 Å². The molecule has 8 nitrogen and oxygen atoms in total. The van der Waals surface area contributed by atoms with Gasteiger partial charge in [-0.1, -0.05) is 128 Å². The lowest BCUT2D eigenvalue weighted by Gasteiger charge is -2.28. The number of carbonyl (C=O) groups is 1. The summed E-state index contributed by atoms with van der Waals surface area (Å²) in [6, 6.07) is 0. The minimum atomic E-state index is -4.51. The van der Waals surface area contributed by atoms with Crippen LogP contribution in [0.5, 0.6) is 0 Å². The molecule has 2 unspecified atom stereocenters. The standard InChI is InChI=1S/C38H74NO7P/c1-6-8-10-12-14-15-16-17-18-19-20-21-22-23-24-25-26-27-29-31-38(40)46-37(35-43-33-30-28-13-11-9-7-2)36-45-47(41,42)44-34-32-39(3,4)5/h14-15,17-18,37H,6-13,16,19-36H2,1-5H3/b15-14-,18-17-. The number of rotatable bonds is 35. The summed E-state index contributed by atoms with van der Waals surface area (Å²) in [6.07, 6.45) is 33.4. The fourth-order valence-electron chi connectivity index (χ4n) is 4.99. The van der Waals surface area contributed by atoms with Gasteiger partial charge in [0.25, 0.3) is 7.82 Å². The molecule has 0 aliphatic rings. The molecular formula is C38H74NO7P. The number of allylic oxidation sites excluding steroid dienone is 4. The molecule has 0 aromatic rings. The Morgan fingerprint density at radius 3 is 1.77 bits per heavy atom. The minimum absolute atomic E-state index is 0.0262. The lowest BCUT2D eigenvalue weighted by atomic mass is 10.1. The highest BCUT2D eigenvalue weighted by atomic mass is 31.2. The Balaban J connectivity index is 4.13. The number of unbranched alkanes of at least 4 members (excludes halogenated alkanes) is 17. The van der Waals surface area contributed by atoms with Crippen LogP contribution in [0.3, 0.4) is 0 Å². The van der Waals surface area contributed by atoms with Crippen molar-refractivity contribution in [2.75, 3.05) is 54.1 Å². The molecule has 47 heavy (non-hydrogen) atoms. The number of esters is 1. The first-order valence-electron chi connectivity index (χ1n) is 19.1. The molecule has 0 rings (SSSR count). The lowest BCUT2D eigenvalue weighted by Crippen LogP contribution is -2.37. The van der Waals surface area contributed by atoms with Crippen molar-refractivity contribution in [1.29, 1.82) is 0 Å². The molecule has 0 saturated heterocycles. The summed E-state index contributed by atoms with van der Waals surface area (Å²) in [5.74, 6) is -0.342. The van der Waals surface area contributed by atoms with Gasteiger partial charge in [0.2, 0.25) is 0 Å². The van der Waals surface area contributed by atoms with E-state index in [1.165, 1.54) is 96.3 Å². The van der Waals surface area contributed by atoms with Gasteiger partial charge in [-0.05, 0) is 44.9 Å². The maximum atomic E-state index is 12.6. The van der Waals surface area contributed by atoms with Crippen LogP contribution in [-0.4, -0.2) is 70.7 Å². The third-order valence-electron chi connectivity index (χ3n) is 8.01. The third kappa shape index (κ3) is 36.1. The predicted molar refractivity (Wildman–Crippen MR) is 194 cm³/mol. The Labute approximate surface area is 290 Å². The molecule has 0 aromatic heterocycles. The first kappa shape index (κ1) is 46.0. The highest BCUT2D eigenvalue weighted by molar-refractivity contribution is 7.45. The Hall–Kier alpha value is -1.02. The van der Waals surface area contributed by atoms with E-state index in [1.54, 1.807) is 0 Å². The van der Waals surface area contributed by atoms with E-state index in [4.69, 9.17) is 18.5 Å². The summed E-state index contributed by atoms with van der Waals surface area (Å²) in [6.45, 7) is 5.33. The molecule has 0 N–H and O–H groups in total. The smallest absolute Gasteiger partial charge is 0.306 e. The maximum absolute atomic E-state index is 12.6. The van der Waals surface area contributed by atoms with Crippen LogP contribution in [0.25, 0.3) is 0 Å². The normalized spacial score (nSPS) is 14.3. The van der Waals surface area contributed by atoms with Crippen LogP contribution in [-0.2, 0) is 27.9 Å². The fourth-order valence-corrected chi connectivity index (χ4v) is 5.71. The highest BCUT2D eigenvalue weighted by Crippen LogP contribution is 2.38. The number of quaternary nitrogens is 1. The first-order chi connectivity index (χ1) is 22.6. The number of hydrogen-bond donors (Lipinski definition) is 0. The van der Waals surface area contributed by atoms with Crippen LogP contribution >= 0.6 is 7.82 Å². The van der Waals surface area contributed by atoms with E-state index >= 15 is 0 Å². The van der Waals surface area contributed by atoms with E-state index in [9.17, 15) is 14.3 Å². The second-order valence-corrected chi connectivity index (χ2v) is 15.4. The zero-order valence-corrected chi connectivity index (χ0v) is 32.1. The van der Waals surface area contributed by atoms with Gasteiger partial charge in [0.05, 0.1) is 34.4 Å². The Kier molecular flexibility index (Phi) is 31.5. The van der Waals surface area contributed by atoms with E-state index in [1.807, 2.05) is 21.1 Å². The van der Waals surface area contributed by atoms with Gasteiger partial charge < -0.3 is 27.9 Å². The number of phosphoric acid groups is 1. The monoisotopic (exact) mass is 688 g/mol. The Morgan fingerprint density at radius 2 is 1.17 bits per heavy atom. The molecule has 0 fully saturated rings. The number of likely N-dealkylation sites (N-methyl/N-ethyl adjacent to an activating group) is 1. The number of nitrogens with zero attached hydrogens (tertiary/aromatic N) is 1. The molecular weight excluding hydrogens is 613 g/mol. The number of ether oxygens (including phenoxy) is 2. The quantitative estimate of drug-likeness (QED) is 0.0215. The van der Waals surface area contributed by atoms with Crippen LogP contribution in [0.15, 0.2) is 24.3 Å². The zero-order valence-electron chi connectivity index (χ0n) is 31.2. The van der Waals surface area contributed by atoms with Crippen molar-refractivity contribution in [3.63, 3.8) is 0 Å². The van der Waals surface area contributed by atoms with E-state index in [-0.39, 0.29) is 25.8 Å². The van der Waals surface area contributed by atoms with Gasteiger partial charge in [-0.15, -0.1) is 0 Å². The third-order valence-corrected chi connectivity index (χ3v) is 8.97. The Bertz CT molecular complexity index is 812. The molecule has 0 bridgehead atoms. The second-order valence-electron chi connectivity index (χ2n) is 13.9. The van der Waals surface area contributed by atoms with Crippen molar-refractivity contribution in [1.82, 2.24) is 0 Å². The van der Waals surface area contributed by atoms with Gasteiger partial charge in [-0.3, -0.25) is 9.36 Å². The highest BCUT2D eigenvalue weighted by Gasteiger charge is 2.20. The van der Waals surface area contributed by atoms with Gasteiger partial charge >= 0.3 is 5.97 Å². The average molecular weight is 688 g/mol. The zero-order chi connectivity index (χ0) is 34.9. The van der Waals surface area contributed by atoms with Crippen molar-refractivity contribution in [2.24, 2.45) is 0 Å². The number of hydrogen-bond acceptors (Lipinski definition) is 7. The largest absolute Gasteiger partial charge is 0.756 e. The Morgan fingerprint density at radius 1 is 0.660 bits per heavy atom. The topological polar surface area (TPSA) is 94.1 Å². The van der Waals surface area contributed by atoms with E-state index in [0.29, 0.717) is 24.1 Å². The predicted octanol–water partition coefficient (Wildman–Crippen LogP) is 9.86. The lowest BCUT2D eigenvalue weighted by molar-refractivity contribution is -0.870. The van der Waals surface area contributed by atoms with Crippen LogP contribution in [0.4, 0.5) is 0 Å². The van der Waals surface area contributed by atoms with Gasteiger partial charge in [0.1, 0.15) is 19.3 Å². The molecule has 0 amide bonds. The van der Waals surface area contributed by atoms with E-state index in [2.05, 4.69) is 38.2 Å². The molecule has 0 aliphatic carbocycles. The average Bonchev–Trinajstić information content (AvgIpc) is 3.01. The van der Waals surface area contributed by atoms with Crippen LogP contribution in [0, 0.1) is 0 Å². The van der Waals surface area contributed by atoms with Crippen molar-refractivity contribution in [2.45, 2.75) is 161 Å². The van der Waals surface area contributed by atoms with Gasteiger partial charge in [0.15, 0.2) is 0 Å². The van der Waals surface area contributed by atoms with Crippen molar-refractivity contribution in [3.05, 3.63) is 24.3 Å². The second kappa shape index (κ2) is 32.2. The van der Waals surface area contributed by atoms with Crippen LogP contribution in [0.2, 0.25) is 0 Å². The molecule has 9 heteroatoms. The summed E-state index contributed by atoms with van der Waals surface area (Å²) in [4.78, 5) is 24.8. The summed E-state index contributed by atoms with van der Waals surface area (Å²) in [7, 11) is 1.35. The van der Waals surface area contributed by atoms with Gasteiger partial charge in [-0.2, -0.15) is 0 Å². The molecule has 0 aromatic carbocycles. The molecule has 0 aliphatic heterocycles. The summed E-state index contributed by atoms with van der Waals surface area (Å²) < 4.78 is 34.2. The molecule has 0 saturated carbocycles. The number of carbonyl (C=O) groups excluding carboxylic acids is 1. The van der Waals surface area contributed by atoms with Gasteiger partial charge in [0, 0.05) is 13.0 Å². The van der Waals surface area contributed by atoms with E-state index in [0.717, 1.165) is 38.5 Å². The molecule has 2 atom stereocenters. The van der Waals surface area contributed by atoms with Crippen molar-refractivity contribution < 1.29 is 37.3 Å². The number of phosphoric ester groups is 1. The van der Waals surface area contributed by atoms with Crippen molar-refractivity contribution >= 4 is 13.8 Å². The minimum Gasteiger partial charge on any atom is -0.756 e. The summed E-state index contributed by atoms with van der Waals surface area (Å²) in [5.41, 5.74) is 0. The SMILES string of the molecule is CCCCC/C=C\C/C=C\CCCCCCCCCCCC(=O)OC(COCCCCCCCC)COP(=O)([O-])OCC[N+](C)(C)C. The van der Waals surface area contributed by atoms with Gasteiger partial charge in [-0.25, -0.2) is 0 Å².